The van der Waals surface area contributed by atoms with Crippen LogP contribution in [0.2, 0.25) is 0 Å². The summed E-state index contributed by atoms with van der Waals surface area (Å²) in [6.45, 7) is 6.12. The summed E-state index contributed by atoms with van der Waals surface area (Å²) in [6, 6.07) is 16.7. The first-order valence-corrected chi connectivity index (χ1v) is 9.11. The van der Waals surface area contributed by atoms with Crippen LogP contribution in [-0.2, 0) is 0 Å². The zero-order chi connectivity index (χ0) is 15.9. The number of unbranched alkanes of at least 4 members (excludes halogenated alkanes) is 9. The monoisotopic (exact) mass is 320 g/mol. The minimum atomic E-state index is 0. The minimum Gasteiger partial charge on any atom is -0.343 e. The second-order valence-electron chi connectivity index (χ2n) is 6.03. The Hall–Kier alpha value is -0.300. The molecular weight excluding hydrogens is 287 g/mol. The molecule has 2 rings (SSSR count). The van der Waals surface area contributed by atoms with E-state index in [1.807, 2.05) is 0 Å². The molecule has 1 heteroatoms. The van der Waals surface area contributed by atoms with Crippen LogP contribution in [0.3, 0.4) is 0 Å². The molecule has 0 aromatic heterocycles. The van der Waals surface area contributed by atoms with Gasteiger partial charge in [0.05, 0.1) is 0 Å². The van der Waals surface area contributed by atoms with Gasteiger partial charge in [0.25, 0.3) is 0 Å². The average molecular weight is 320 g/mol. The molecule has 23 heavy (non-hydrogen) atoms. The fraction of sp³-hybridized carbons (Fsp3) is 0.500. The van der Waals surface area contributed by atoms with Gasteiger partial charge >= 0.3 is 29.6 Å². The molecule has 0 spiro atoms. The van der Waals surface area contributed by atoms with Gasteiger partial charge in [0.1, 0.15) is 0 Å². The van der Waals surface area contributed by atoms with Crippen LogP contribution in [0.15, 0.2) is 48.5 Å². The summed E-state index contributed by atoms with van der Waals surface area (Å²) < 4.78 is 0. The molecule has 2 aromatic rings. The standard InChI is InChI=1S/C12H25.C10H8.Na/c1-3-5-7-9-11-12-10-8-6-4-2;1-2-6-10-8-4-3-7-9(10)5-1;/h1,3-12H2,2H3;1-8H;/q-1;;+1. The van der Waals surface area contributed by atoms with Crippen LogP contribution in [0.25, 0.3) is 10.8 Å². The molecule has 2 aromatic carbocycles. The van der Waals surface area contributed by atoms with Gasteiger partial charge in [0, 0.05) is 0 Å². The van der Waals surface area contributed by atoms with Gasteiger partial charge in [-0.25, -0.2) is 0 Å². The fourth-order valence-corrected chi connectivity index (χ4v) is 2.62. The molecule has 0 radical (unpaired) electrons. The van der Waals surface area contributed by atoms with Gasteiger partial charge in [-0.1, -0.05) is 113 Å². The number of hydrogen-bond donors (Lipinski definition) is 0. The summed E-state index contributed by atoms with van der Waals surface area (Å²) >= 11 is 0. The molecule has 0 bridgehead atoms. The predicted octanol–water partition coefficient (Wildman–Crippen LogP) is 4.59. The van der Waals surface area contributed by atoms with E-state index in [1.54, 1.807) is 0 Å². The average Bonchev–Trinajstić information content (AvgIpc) is 2.58. The van der Waals surface area contributed by atoms with Crippen molar-refractivity contribution in [1.82, 2.24) is 0 Å². The van der Waals surface area contributed by atoms with Crippen LogP contribution < -0.4 is 29.6 Å². The first kappa shape index (κ1) is 22.7. The van der Waals surface area contributed by atoms with E-state index in [1.165, 1.54) is 68.6 Å². The molecule has 0 aliphatic rings. The SMILES string of the molecule is [CH2-]CCCCCCCCCCC.[Na+].c1ccc2ccccc2c1. The Morgan fingerprint density at radius 3 is 1.30 bits per heavy atom. The van der Waals surface area contributed by atoms with E-state index in [2.05, 4.69) is 62.4 Å². The van der Waals surface area contributed by atoms with Crippen molar-refractivity contribution in [3.05, 3.63) is 55.5 Å². The van der Waals surface area contributed by atoms with E-state index in [0.717, 1.165) is 6.42 Å². The molecule has 0 N–H and O–H groups in total. The van der Waals surface area contributed by atoms with Crippen molar-refractivity contribution < 1.29 is 29.6 Å². The van der Waals surface area contributed by atoms with E-state index in [4.69, 9.17) is 0 Å². The van der Waals surface area contributed by atoms with Crippen molar-refractivity contribution in [2.45, 2.75) is 71.1 Å². The van der Waals surface area contributed by atoms with E-state index in [-0.39, 0.29) is 29.6 Å². The Labute approximate surface area is 166 Å². The summed E-state index contributed by atoms with van der Waals surface area (Å²) in [5.41, 5.74) is 0. The predicted molar refractivity (Wildman–Crippen MR) is 101 cm³/mol. The fourth-order valence-electron chi connectivity index (χ4n) is 2.62. The molecule has 0 aliphatic heterocycles. The van der Waals surface area contributed by atoms with Gasteiger partial charge in [0.2, 0.25) is 0 Å². The van der Waals surface area contributed by atoms with Crippen molar-refractivity contribution in [3.8, 4) is 0 Å². The maximum absolute atomic E-state index is 3.84. The topological polar surface area (TPSA) is 0 Å². The third kappa shape index (κ3) is 11.8. The quantitative estimate of drug-likeness (QED) is 0.360. The van der Waals surface area contributed by atoms with Gasteiger partial charge < -0.3 is 6.92 Å². The normalized spacial score (nSPS) is 9.83. The van der Waals surface area contributed by atoms with E-state index < -0.39 is 0 Å². The van der Waals surface area contributed by atoms with E-state index >= 15 is 0 Å². The van der Waals surface area contributed by atoms with Gasteiger partial charge in [-0.05, 0) is 10.8 Å². The van der Waals surface area contributed by atoms with Crippen molar-refractivity contribution in [2.75, 3.05) is 0 Å². The van der Waals surface area contributed by atoms with Crippen LogP contribution in [0.1, 0.15) is 71.1 Å². The maximum Gasteiger partial charge on any atom is 1.00 e. The maximum atomic E-state index is 3.84. The molecule has 0 atom stereocenters. The van der Waals surface area contributed by atoms with Gasteiger partial charge in [-0.15, -0.1) is 0 Å². The van der Waals surface area contributed by atoms with Crippen molar-refractivity contribution in [1.29, 1.82) is 0 Å². The Bertz CT molecular complexity index is 403. The molecule has 0 saturated heterocycles. The molecule has 0 saturated carbocycles. The second kappa shape index (κ2) is 16.6. The Balaban J connectivity index is 0.000000406. The summed E-state index contributed by atoms with van der Waals surface area (Å²) in [5.74, 6) is 0. The summed E-state index contributed by atoms with van der Waals surface area (Å²) in [5, 5.41) is 2.62. The van der Waals surface area contributed by atoms with E-state index in [0.29, 0.717) is 0 Å². The van der Waals surface area contributed by atoms with Crippen LogP contribution in [0.5, 0.6) is 0 Å². The van der Waals surface area contributed by atoms with Crippen LogP contribution in [0.4, 0.5) is 0 Å². The van der Waals surface area contributed by atoms with Gasteiger partial charge in [0.15, 0.2) is 0 Å². The summed E-state index contributed by atoms with van der Waals surface area (Å²) in [6.07, 6.45) is 13.9. The second-order valence-corrected chi connectivity index (χ2v) is 6.03. The largest absolute Gasteiger partial charge is 1.00 e. The first-order chi connectivity index (χ1) is 10.9. The molecule has 0 amide bonds. The number of rotatable bonds is 9. The smallest absolute Gasteiger partial charge is 0.343 e. The Kier molecular flexibility index (Phi) is 16.3. The number of fused-ring (bicyclic) bond motifs is 1. The summed E-state index contributed by atoms with van der Waals surface area (Å²) in [7, 11) is 0. The Morgan fingerprint density at radius 1 is 0.609 bits per heavy atom. The zero-order valence-corrected chi connectivity index (χ0v) is 17.4. The molecule has 0 aliphatic carbocycles. The molecule has 122 valence electrons. The van der Waals surface area contributed by atoms with Crippen LogP contribution in [0, 0.1) is 6.92 Å². The zero-order valence-electron chi connectivity index (χ0n) is 15.4. The molecule has 0 unspecified atom stereocenters. The molecule has 0 nitrogen and oxygen atoms in total. The third-order valence-corrected chi connectivity index (χ3v) is 4.01. The minimum absolute atomic E-state index is 0. The van der Waals surface area contributed by atoms with Crippen LogP contribution >= 0.6 is 0 Å². The number of hydrogen-bond acceptors (Lipinski definition) is 0. The Morgan fingerprint density at radius 2 is 0.957 bits per heavy atom. The first-order valence-electron chi connectivity index (χ1n) is 9.11. The van der Waals surface area contributed by atoms with Gasteiger partial charge in [-0.3, -0.25) is 0 Å². The molecule has 0 fully saturated rings. The van der Waals surface area contributed by atoms with Gasteiger partial charge in [-0.2, -0.15) is 6.42 Å². The van der Waals surface area contributed by atoms with Crippen molar-refractivity contribution >= 4 is 10.8 Å². The molecular formula is C22H33Na. The molecule has 0 heterocycles. The van der Waals surface area contributed by atoms with Crippen molar-refractivity contribution in [3.63, 3.8) is 0 Å². The number of benzene rings is 2. The van der Waals surface area contributed by atoms with E-state index in [9.17, 15) is 0 Å². The van der Waals surface area contributed by atoms with Crippen molar-refractivity contribution in [2.24, 2.45) is 0 Å². The summed E-state index contributed by atoms with van der Waals surface area (Å²) in [4.78, 5) is 0. The van der Waals surface area contributed by atoms with Crippen LogP contribution in [-0.4, -0.2) is 0 Å². The third-order valence-electron chi connectivity index (χ3n) is 4.01.